The van der Waals surface area contributed by atoms with Crippen molar-refractivity contribution in [1.82, 2.24) is 0 Å². The van der Waals surface area contributed by atoms with Crippen LogP contribution in [0.15, 0.2) is 30.3 Å². The van der Waals surface area contributed by atoms with Crippen molar-refractivity contribution in [3.05, 3.63) is 56.0 Å². The van der Waals surface area contributed by atoms with E-state index in [0.29, 0.717) is 31.8 Å². The lowest BCUT2D eigenvalue weighted by atomic mass is 9.99. The molecule has 1 amide bonds. The van der Waals surface area contributed by atoms with E-state index in [0.717, 1.165) is 0 Å². The Morgan fingerprint density at radius 1 is 0.947 bits per heavy atom. The van der Waals surface area contributed by atoms with Gasteiger partial charge in [-0.05, 0) is 41.5 Å². The molecule has 0 heterocycles. The number of benzene rings is 2. The Morgan fingerprint density at radius 2 is 1.53 bits per heavy atom. The monoisotopic (exact) mass is 333 g/mol. The summed E-state index contributed by atoms with van der Waals surface area (Å²) in [6, 6.07) is 7.97. The summed E-state index contributed by atoms with van der Waals surface area (Å²) in [5.41, 5.74) is 6.84. The molecule has 0 aliphatic rings. The Hall–Kier alpha value is -0.930. The highest BCUT2D eigenvalue weighted by atomic mass is 35.5. The number of hydrogen-bond acceptors (Lipinski definition) is 1. The van der Waals surface area contributed by atoms with Gasteiger partial charge in [0.15, 0.2) is 0 Å². The van der Waals surface area contributed by atoms with Crippen LogP contribution in [-0.4, -0.2) is 5.91 Å². The van der Waals surface area contributed by atoms with Crippen LogP contribution < -0.4 is 5.73 Å². The smallest absolute Gasteiger partial charge is 0.249 e. The van der Waals surface area contributed by atoms with E-state index in [-0.39, 0.29) is 5.02 Å². The summed E-state index contributed by atoms with van der Waals surface area (Å²) in [5, 5.41) is 1.32. The summed E-state index contributed by atoms with van der Waals surface area (Å²) in [6.07, 6.45) is 0. The van der Waals surface area contributed by atoms with E-state index in [1.54, 1.807) is 30.3 Å². The third kappa shape index (κ3) is 2.98. The maximum Gasteiger partial charge on any atom is 0.249 e. The Labute approximate surface area is 130 Å². The van der Waals surface area contributed by atoms with Gasteiger partial charge >= 0.3 is 0 Å². The van der Waals surface area contributed by atoms with Crippen molar-refractivity contribution in [3.63, 3.8) is 0 Å². The molecule has 2 N–H and O–H groups in total. The highest BCUT2D eigenvalue weighted by Crippen LogP contribution is 2.36. The van der Waals surface area contributed by atoms with Gasteiger partial charge in [0.2, 0.25) is 5.91 Å². The lowest BCUT2D eigenvalue weighted by Gasteiger charge is -2.10. The zero-order chi connectivity index (χ0) is 14.2. The summed E-state index contributed by atoms with van der Waals surface area (Å²) >= 11 is 23.8. The van der Waals surface area contributed by atoms with Crippen molar-refractivity contribution in [2.45, 2.75) is 0 Å². The van der Waals surface area contributed by atoms with Gasteiger partial charge in [0.25, 0.3) is 0 Å². The van der Waals surface area contributed by atoms with E-state index in [9.17, 15) is 4.79 Å². The van der Waals surface area contributed by atoms with Crippen LogP contribution in [0.4, 0.5) is 0 Å². The first-order valence-electron chi connectivity index (χ1n) is 5.14. The first-order valence-corrected chi connectivity index (χ1v) is 6.65. The van der Waals surface area contributed by atoms with Crippen molar-refractivity contribution in [2.75, 3.05) is 0 Å². The summed E-state index contributed by atoms with van der Waals surface area (Å²) in [5.74, 6) is -0.561. The Kier molecular flexibility index (Phi) is 4.26. The number of carbonyl (C=O) groups is 1. The van der Waals surface area contributed by atoms with Crippen LogP contribution in [-0.2, 0) is 0 Å². The number of hydrogen-bond donors (Lipinski definition) is 1. The molecule has 0 bridgehead atoms. The van der Waals surface area contributed by atoms with Crippen molar-refractivity contribution < 1.29 is 4.79 Å². The topological polar surface area (TPSA) is 43.1 Å². The van der Waals surface area contributed by atoms with Gasteiger partial charge in [-0.3, -0.25) is 4.79 Å². The van der Waals surface area contributed by atoms with Crippen molar-refractivity contribution in [1.29, 1.82) is 0 Å². The molecule has 2 nitrogen and oxygen atoms in total. The van der Waals surface area contributed by atoms with Crippen molar-refractivity contribution in [2.24, 2.45) is 5.73 Å². The third-order valence-electron chi connectivity index (χ3n) is 2.54. The van der Waals surface area contributed by atoms with Crippen LogP contribution in [0.25, 0.3) is 11.1 Å². The Balaban J connectivity index is 2.71. The summed E-state index contributed by atoms with van der Waals surface area (Å²) in [7, 11) is 0. The second-order valence-electron chi connectivity index (χ2n) is 3.81. The zero-order valence-corrected chi connectivity index (χ0v) is 12.4. The van der Waals surface area contributed by atoms with Gasteiger partial charge in [-0.1, -0.05) is 46.4 Å². The number of carbonyl (C=O) groups excluding carboxylic acids is 1. The molecule has 0 saturated carbocycles. The fraction of sp³-hybridized carbons (Fsp3) is 0. The van der Waals surface area contributed by atoms with Crippen LogP contribution in [0.1, 0.15) is 10.4 Å². The molecule has 0 radical (unpaired) electrons. The number of amides is 1. The van der Waals surface area contributed by atoms with Gasteiger partial charge < -0.3 is 5.73 Å². The van der Waals surface area contributed by atoms with Crippen LogP contribution in [0, 0.1) is 0 Å². The predicted octanol–water partition coefficient (Wildman–Crippen LogP) is 5.07. The normalized spacial score (nSPS) is 10.5. The maximum absolute atomic E-state index is 11.4. The second-order valence-corrected chi connectivity index (χ2v) is 5.44. The molecule has 0 saturated heterocycles. The molecule has 2 aromatic carbocycles. The van der Waals surface area contributed by atoms with Crippen LogP contribution in [0.5, 0.6) is 0 Å². The van der Waals surface area contributed by atoms with Gasteiger partial charge in [0.1, 0.15) is 0 Å². The molecule has 19 heavy (non-hydrogen) atoms. The minimum atomic E-state index is -0.561. The van der Waals surface area contributed by atoms with E-state index in [1.165, 1.54) is 0 Å². The zero-order valence-electron chi connectivity index (χ0n) is 9.38. The van der Waals surface area contributed by atoms with Crippen LogP contribution in [0.3, 0.4) is 0 Å². The van der Waals surface area contributed by atoms with Crippen LogP contribution in [0.2, 0.25) is 20.1 Å². The summed E-state index contributed by atoms with van der Waals surface area (Å²) < 4.78 is 0. The van der Waals surface area contributed by atoms with Gasteiger partial charge in [0.05, 0.1) is 15.1 Å². The van der Waals surface area contributed by atoms with Crippen molar-refractivity contribution in [3.8, 4) is 11.1 Å². The summed E-state index contributed by atoms with van der Waals surface area (Å²) in [6.45, 7) is 0. The number of halogens is 4. The van der Waals surface area contributed by atoms with E-state index < -0.39 is 5.91 Å². The van der Waals surface area contributed by atoms with Gasteiger partial charge in [-0.25, -0.2) is 0 Å². The quantitative estimate of drug-likeness (QED) is 0.766. The SMILES string of the molecule is NC(=O)c1ccc(Cl)cc1-c1cc(Cl)c(Cl)c(Cl)c1. The Morgan fingerprint density at radius 3 is 2.05 bits per heavy atom. The molecule has 6 heteroatoms. The minimum Gasteiger partial charge on any atom is -0.366 e. The molecule has 0 aliphatic heterocycles. The lowest BCUT2D eigenvalue weighted by molar-refractivity contribution is 0.100. The van der Waals surface area contributed by atoms with E-state index in [2.05, 4.69) is 0 Å². The van der Waals surface area contributed by atoms with Gasteiger partial charge in [-0.2, -0.15) is 0 Å². The average molecular weight is 335 g/mol. The molecule has 0 atom stereocenters. The number of primary amides is 1. The molecular weight excluding hydrogens is 328 g/mol. The summed E-state index contributed by atoms with van der Waals surface area (Å²) in [4.78, 5) is 11.4. The standard InChI is InChI=1S/C13H7Cl4NO/c14-7-1-2-8(13(18)19)9(5-7)6-3-10(15)12(17)11(16)4-6/h1-5H,(H2,18,19). The van der Waals surface area contributed by atoms with Gasteiger partial charge in [0, 0.05) is 10.6 Å². The highest BCUT2D eigenvalue weighted by Gasteiger charge is 2.14. The molecule has 0 unspecified atom stereocenters. The maximum atomic E-state index is 11.4. The van der Waals surface area contributed by atoms with Crippen LogP contribution >= 0.6 is 46.4 Å². The Bertz CT molecular complexity index is 647. The third-order valence-corrected chi connectivity index (χ3v) is 3.97. The number of rotatable bonds is 2. The lowest BCUT2D eigenvalue weighted by Crippen LogP contribution is -2.12. The molecule has 2 aromatic rings. The molecular formula is C13H7Cl4NO. The molecule has 0 aliphatic carbocycles. The van der Waals surface area contributed by atoms with E-state index in [1.807, 2.05) is 0 Å². The van der Waals surface area contributed by atoms with Crippen molar-refractivity contribution >= 4 is 52.3 Å². The predicted molar refractivity (Wildman–Crippen MR) is 80.4 cm³/mol. The second kappa shape index (κ2) is 5.59. The van der Waals surface area contributed by atoms with E-state index in [4.69, 9.17) is 52.1 Å². The largest absolute Gasteiger partial charge is 0.366 e. The number of nitrogens with two attached hydrogens (primary N) is 1. The van der Waals surface area contributed by atoms with Gasteiger partial charge in [-0.15, -0.1) is 0 Å². The fourth-order valence-electron chi connectivity index (χ4n) is 1.68. The van der Waals surface area contributed by atoms with E-state index >= 15 is 0 Å². The molecule has 0 fully saturated rings. The molecule has 0 spiro atoms. The fourth-order valence-corrected chi connectivity index (χ4v) is 2.45. The average Bonchev–Trinajstić information content (AvgIpc) is 2.34. The molecule has 0 aromatic heterocycles. The first kappa shape index (κ1) is 14.5. The first-order chi connectivity index (χ1) is 8.90. The minimum absolute atomic E-state index is 0.259. The molecule has 98 valence electrons. The molecule has 2 rings (SSSR count). The highest BCUT2D eigenvalue weighted by molar-refractivity contribution is 6.48.